The molecule has 1 N–H and O–H groups in total. The highest BCUT2D eigenvalue weighted by Gasteiger charge is 2.25. The molecule has 158 valence electrons. The van der Waals surface area contributed by atoms with E-state index in [1.54, 1.807) is 14.2 Å². The van der Waals surface area contributed by atoms with Crippen molar-refractivity contribution in [3.63, 3.8) is 0 Å². The molecular formula is C22H26N4O3S. The Labute approximate surface area is 180 Å². The number of nitrogens with zero attached hydrogens (tertiary/aromatic N) is 3. The molecule has 7 nitrogen and oxygen atoms in total. The first kappa shape index (κ1) is 20.6. The maximum absolute atomic E-state index is 13.0. The zero-order chi connectivity index (χ0) is 21.3. The molecule has 1 amide bonds. The monoisotopic (exact) mass is 426 g/mol. The summed E-state index contributed by atoms with van der Waals surface area (Å²) in [7, 11) is 3.17. The molecule has 0 aliphatic carbocycles. The van der Waals surface area contributed by atoms with Crippen LogP contribution in [0.2, 0.25) is 0 Å². The first-order chi connectivity index (χ1) is 14.5. The second-order valence-electron chi connectivity index (χ2n) is 7.45. The van der Waals surface area contributed by atoms with Gasteiger partial charge >= 0.3 is 0 Å². The fraction of sp³-hybridized carbons (Fsp3) is 0.409. The van der Waals surface area contributed by atoms with Gasteiger partial charge in [-0.15, -0.1) is 11.3 Å². The Bertz CT molecular complexity index is 1080. The van der Waals surface area contributed by atoms with E-state index < -0.39 is 0 Å². The van der Waals surface area contributed by atoms with Crippen molar-refractivity contribution in [1.82, 2.24) is 15.3 Å². The first-order valence-corrected chi connectivity index (χ1v) is 10.8. The number of hydrogen-bond acceptors (Lipinski definition) is 7. The molecular weight excluding hydrogens is 400 g/mol. The first-order valence-electron chi connectivity index (χ1n) is 9.99. The average Bonchev–Trinajstić information content (AvgIpc) is 3.33. The molecule has 1 aliphatic heterocycles. The van der Waals surface area contributed by atoms with E-state index >= 15 is 0 Å². The molecule has 1 aliphatic rings. The van der Waals surface area contributed by atoms with Crippen molar-refractivity contribution in [1.29, 1.82) is 0 Å². The number of ether oxygens (including phenoxy) is 2. The number of para-hydroxylation sites is 1. The van der Waals surface area contributed by atoms with Crippen LogP contribution in [0.1, 0.15) is 33.5 Å². The smallest absolute Gasteiger partial charge is 0.261 e. The van der Waals surface area contributed by atoms with Crippen molar-refractivity contribution in [2.24, 2.45) is 0 Å². The number of methoxy groups -OCH3 is 2. The molecule has 0 radical (unpaired) electrons. The topological polar surface area (TPSA) is 76.6 Å². The number of hydrogen-bond donors (Lipinski definition) is 1. The van der Waals surface area contributed by atoms with Crippen LogP contribution in [-0.4, -0.2) is 49.2 Å². The molecule has 0 saturated heterocycles. The summed E-state index contributed by atoms with van der Waals surface area (Å²) in [5.41, 5.74) is 3.48. The number of carbonyl (C=O) groups is 1. The van der Waals surface area contributed by atoms with Gasteiger partial charge in [-0.25, -0.2) is 4.98 Å². The molecule has 1 unspecified atom stereocenters. The van der Waals surface area contributed by atoms with E-state index in [-0.39, 0.29) is 11.9 Å². The molecule has 30 heavy (non-hydrogen) atoms. The van der Waals surface area contributed by atoms with E-state index in [9.17, 15) is 4.79 Å². The molecule has 3 aromatic rings. The predicted molar refractivity (Wildman–Crippen MR) is 119 cm³/mol. The maximum Gasteiger partial charge on any atom is 0.261 e. The highest BCUT2D eigenvalue weighted by Crippen LogP contribution is 2.35. The predicted octanol–water partition coefficient (Wildman–Crippen LogP) is 3.34. The van der Waals surface area contributed by atoms with Gasteiger partial charge < -0.3 is 19.7 Å². The number of amides is 1. The Kier molecular flexibility index (Phi) is 5.87. The van der Waals surface area contributed by atoms with Crippen molar-refractivity contribution < 1.29 is 14.3 Å². The van der Waals surface area contributed by atoms with Crippen molar-refractivity contribution >= 4 is 33.1 Å². The molecule has 8 heteroatoms. The third-order valence-corrected chi connectivity index (χ3v) is 6.67. The summed E-state index contributed by atoms with van der Waals surface area (Å²) in [6, 6.07) is 8.67. The molecule has 1 atom stereocenters. The molecule has 0 bridgehead atoms. The van der Waals surface area contributed by atoms with Gasteiger partial charge in [-0.05, 0) is 37.5 Å². The Hall–Kier alpha value is -2.71. The molecule has 0 saturated carbocycles. The van der Waals surface area contributed by atoms with Crippen LogP contribution < -0.4 is 15.0 Å². The van der Waals surface area contributed by atoms with Gasteiger partial charge in [0, 0.05) is 31.9 Å². The van der Waals surface area contributed by atoms with Gasteiger partial charge in [0.2, 0.25) is 5.88 Å². The number of aromatic nitrogens is 2. The standard InChI is InChI=1S/C22H26N4O3S/c1-13(26-10-9-15-7-5-6-8-16(15)26)11-23-20(27)19-14(2)18-21(29-4)24-17(12-28-3)25-22(18)30-19/h5-8,13H,9-12H2,1-4H3,(H,23,27). The SMILES string of the molecule is COCc1nc(OC)c2c(C)c(C(=O)NCC(C)N3CCc4ccccc43)sc2n1. The number of aryl methyl sites for hydroxylation is 1. The van der Waals surface area contributed by atoms with Crippen LogP contribution in [0.4, 0.5) is 5.69 Å². The van der Waals surface area contributed by atoms with Crippen molar-refractivity contribution in [3.8, 4) is 5.88 Å². The Morgan fingerprint density at radius 1 is 1.30 bits per heavy atom. The minimum Gasteiger partial charge on any atom is -0.480 e. The Balaban J connectivity index is 1.51. The molecule has 1 aromatic carbocycles. The van der Waals surface area contributed by atoms with Gasteiger partial charge in [-0.3, -0.25) is 4.79 Å². The zero-order valence-electron chi connectivity index (χ0n) is 17.7. The van der Waals surface area contributed by atoms with Crippen LogP contribution in [0.5, 0.6) is 5.88 Å². The number of nitrogens with one attached hydrogen (secondary N) is 1. The van der Waals surface area contributed by atoms with Crippen molar-refractivity contribution in [3.05, 3.63) is 46.1 Å². The Morgan fingerprint density at radius 3 is 2.87 bits per heavy atom. The van der Waals surface area contributed by atoms with Crippen LogP contribution in [0.15, 0.2) is 24.3 Å². The highest BCUT2D eigenvalue weighted by molar-refractivity contribution is 7.20. The average molecular weight is 427 g/mol. The fourth-order valence-corrected chi connectivity index (χ4v) is 5.06. The van der Waals surface area contributed by atoms with E-state index in [0.717, 1.165) is 28.7 Å². The Morgan fingerprint density at radius 2 is 2.10 bits per heavy atom. The van der Waals surface area contributed by atoms with Crippen molar-refractivity contribution in [2.75, 3.05) is 32.2 Å². The van der Waals surface area contributed by atoms with Gasteiger partial charge in [-0.2, -0.15) is 4.98 Å². The van der Waals surface area contributed by atoms with Crippen LogP contribution in [-0.2, 0) is 17.8 Å². The summed E-state index contributed by atoms with van der Waals surface area (Å²) in [4.78, 5) is 25.6. The van der Waals surface area contributed by atoms with Gasteiger partial charge in [0.25, 0.3) is 5.91 Å². The molecule has 4 rings (SSSR count). The summed E-state index contributed by atoms with van der Waals surface area (Å²) in [5, 5.41) is 3.89. The fourth-order valence-electron chi connectivity index (χ4n) is 3.95. The van der Waals surface area contributed by atoms with E-state index in [2.05, 4.69) is 51.4 Å². The summed E-state index contributed by atoms with van der Waals surface area (Å²) >= 11 is 1.36. The van der Waals surface area contributed by atoms with Crippen LogP contribution in [0.25, 0.3) is 10.2 Å². The number of rotatable bonds is 7. The summed E-state index contributed by atoms with van der Waals surface area (Å²) in [6.45, 7) is 5.90. The molecule has 0 fully saturated rings. The number of carbonyl (C=O) groups excluding carboxylic acids is 1. The molecule has 0 spiro atoms. The summed E-state index contributed by atoms with van der Waals surface area (Å²) < 4.78 is 10.6. The largest absolute Gasteiger partial charge is 0.480 e. The number of thiophene rings is 1. The highest BCUT2D eigenvalue weighted by atomic mass is 32.1. The van der Waals surface area contributed by atoms with Crippen LogP contribution >= 0.6 is 11.3 Å². The van der Waals surface area contributed by atoms with Crippen LogP contribution in [0, 0.1) is 6.92 Å². The number of anilines is 1. The molecule has 3 heterocycles. The minimum atomic E-state index is -0.0924. The maximum atomic E-state index is 13.0. The van der Waals surface area contributed by atoms with E-state index in [1.807, 2.05) is 6.92 Å². The minimum absolute atomic E-state index is 0.0924. The third kappa shape index (κ3) is 3.73. The van der Waals surface area contributed by atoms with Gasteiger partial charge in [0.1, 0.15) is 11.4 Å². The molecule has 2 aromatic heterocycles. The number of benzene rings is 1. The van der Waals surface area contributed by atoms with E-state index in [1.165, 1.54) is 22.6 Å². The zero-order valence-corrected chi connectivity index (χ0v) is 18.5. The lowest BCUT2D eigenvalue weighted by Gasteiger charge is -2.27. The lowest BCUT2D eigenvalue weighted by atomic mass is 10.1. The third-order valence-electron chi connectivity index (χ3n) is 5.49. The number of fused-ring (bicyclic) bond motifs is 2. The van der Waals surface area contributed by atoms with E-state index in [4.69, 9.17) is 9.47 Å². The lowest BCUT2D eigenvalue weighted by Crippen LogP contribution is -2.41. The van der Waals surface area contributed by atoms with Crippen LogP contribution in [0.3, 0.4) is 0 Å². The van der Waals surface area contributed by atoms with Gasteiger partial charge in [0.15, 0.2) is 5.82 Å². The van der Waals surface area contributed by atoms with Gasteiger partial charge in [0.05, 0.1) is 17.4 Å². The quantitative estimate of drug-likeness (QED) is 0.625. The summed E-state index contributed by atoms with van der Waals surface area (Å²) in [5.74, 6) is 0.920. The second-order valence-corrected chi connectivity index (χ2v) is 8.45. The summed E-state index contributed by atoms with van der Waals surface area (Å²) in [6.07, 6.45) is 1.05. The normalized spacial score (nSPS) is 14.1. The lowest BCUT2D eigenvalue weighted by molar-refractivity contribution is 0.0955. The second kappa shape index (κ2) is 8.57. The van der Waals surface area contributed by atoms with Gasteiger partial charge in [-0.1, -0.05) is 18.2 Å². The van der Waals surface area contributed by atoms with E-state index in [0.29, 0.717) is 29.7 Å². The van der Waals surface area contributed by atoms with Crippen molar-refractivity contribution in [2.45, 2.75) is 32.9 Å².